The average molecular weight is 271 g/mol. The van der Waals surface area contributed by atoms with Gasteiger partial charge >= 0.3 is 0 Å². The molecule has 0 fully saturated rings. The molecule has 0 saturated heterocycles. The lowest BCUT2D eigenvalue weighted by molar-refractivity contribution is 0.833. The number of benzene rings is 3. The van der Waals surface area contributed by atoms with Crippen LogP contribution in [-0.2, 0) is 6.42 Å². The molecule has 21 heavy (non-hydrogen) atoms. The van der Waals surface area contributed by atoms with E-state index in [1.54, 1.807) is 0 Å². The molecule has 0 amide bonds. The minimum absolute atomic E-state index is 0.990. The van der Waals surface area contributed by atoms with Gasteiger partial charge in [-0.15, -0.1) is 0 Å². The number of nitrogens with zero attached hydrogens (tertiary/aromatic N) is 1. The molecule has 0 atom stereocenters. The molecule has 0 spiro atoms. The Kier molecular flexibility index (Phi) is 2.92. The van der Waals surface area contributed by atoms with Crippen LogP contribution in [0.2, 0.25) is 0 Å². The molecule has 2 radical (unpaired) electrons. The second-order valence-electron chi connectivity index (χ2n) is 5.67. The molecule has 3 aromatic rings. The van der Waals surface area contributed by atoms with E-state index in [9.17, 15) is 0 Å². The molecular formula is C20H17N. The Morgan fingerprint density at radius 3 is 2.76 bits per heavy atom. The number of aryl methyl sites for hydroxylation is 1. The van der Waals surface area contributed by atoms with E-state index in [2.05, 4.69) is 79.0 Å². The molecule has 1 heteroatoms. The van der Waals surface area contributed by atoms with Crippen molar-refractivity contribution in [3.8, 4) is 0 Å². The number of fused-ring (bicyclic) bond motifs is 2. The molecule has 0 saturated carbocycles. The predicted octanol–water partition coefficient (Wildman–Crippen LogP) is 4.60. The minimum Gasteiger partial charge on any atom is -0.356 e. The van der Waals surface area contributed by atoms with Crippen LogP contribution in [0.15, 0.2) is 60.7 Å². The summed E-state index contributed by atoms with van der Waals surface area (Å²) in [6.45, 7) is 6.71. The van der Waals surface area contributed by atoms with Crippen LogP contribution in [0.1, 0.15) is 16.7 Å². The zero-order valence-corrected chi connectivity index (χ0v) is 12.1. The number of rotatable bonds is 1. The van der Waals surface area contributed by atoms with E-state index >= 15 is 0 Å². The highest BCUT2D eigenvalue weighted by Gasteiger charge is 2.19. The van der Waals surface area contributed by atoms with Crippen molar-refractivity contribution in [1.82, 2.24) is 0 Å². The van der Waals surface area contributed by atoms with E-state index in [-0.39, 0.29) is 0 Å². The SMILES string of the molecule is Cc1ccc2c(c1)[C]N(c1cccc3ccccc13)CC2. The molecule has 0 aliphatic carbocycles. The predicted molar refractivity (Wildman–Crippen MR) is 88.5 cm³/mol. The fraction of sp³-hybridized carbons (Fsp3) is 0.150. The summed E-state index contributed by atoms with van der Waals surface area (Å²) < 4.78 is 0. The summed E-state index contributed by atoms with van der Waals surface area (Å²) in [5, 5.41) is 2.58. The molecule has 1 heterocycles. The summed E-state index contributed by atoms with van der Waals surface area (Å²) in [5.74, 6) is 0. The zero-order valence-electron chi connectivity index (χ0n) is 12.1. The van der Waals surface area contributed by atoms with Gasteiger partial charge in [-0.25, -0.2) is 0 Å². The van der Waals surface area contributed by atoms with Crippen LogP contribution < -0.4 is 4.90 Å². The first kappa shape index (κ1) is 12.5. The quantitative estimate of drug-likeness (QED) is 0.625. The maximum atomic E-state index is 3.58. The maximum absolute atomic E-state index is 3.58. The first-order valence-corrected chi connectivity index (χ1v) is 7.43. The highest BCUT2D eigenvalue weighted by atomic mass is 15.1. The number of hydrogen-bond acceptors (Lipinski definition) is 1. The van der Waals surface area contributed by atoms with Gasteiger partial charge in [0.15, 0.2) is 0 Å². The molecule has 102 valence electrons. The third kappa shape index (κ3) is 2.19. The zero-order chi connectivity index (χ0) is 14.2. The fourth-order valence-corrected chi connectivity index (χ4v) is 3.07. The van der Waals surface area contributed by atoms with Crippen LogP contribution in [0.5, 0.6) is 0 Å². The summed E-state index contributed by atoms with van der Waals surface area (Å²) in [4.78, 5) is 2.27. The maximum Gasteiger partial charge on any atom is 0.126 e. The van der Waals surface area contributed by atoms with Gasteiger partial charge in [0.05, 0.1) is 0 Å². The van der Waals surface area contributed by atoms with Gasteiger partial charge in [-0.05, 0) is 35.9 Å². The molecule has 1 nitrogen and oxygen atoms in total. The molecule has 1 aliphatic rings. The van der Waals surface area contributed by atoms with Crippen molar-refractivity contribution in [2.45, 2.75) is 13.3 Å². The Balaban J connectivity index is 1.77. The molecule has 3 aromatic carbocycles. The van der Waals surface area contributed by atoms with Gasteiger partial charge < -0.3 is 4.90 Å². The molecule has 0 unspecified atom stereocenters. The van der Waals surface area contributed by atoms with Crippen molar-refractivity contribution in [2.75, 3.05) is 11.4 Å². The smallest absolute Gasteiger partial charge is 0.126 e. The summed E-state index contributed by atoms with van der Waals surface area (Å²) in [7, 11) is 0. The van der Waals surface area contributed by atoms with Gasteiger partial charge in [-0.2, -0.15) is 0 Å². The molecule has 0 N–H and O–H groups in total. The highest BCUT2D eigenvalue weighted by molar-refractivity contribution is 5.94. The lowest BCUT2D eigenvalue weighted by Gasteiger charge is -2.30. The van der Waals surface area contributed by atoms with Crippen LogP contribution in [0.4, 0.5) is 5.69 Å². The lowest BCUT2D eigenvalue weighted by atomic mass is 9.96. The second kappa shape index (κ2) is 4.92. The molecule has 1 aliphatic heterocycles. The van der Waals surface area contributed by atoms with Gasteiger partial charge in [-0.1, -0.05) is 60.2 Å². The third-order valence-electron chi connectivity index (χ3n) is 4.18. The van der Waals surface area contributed by atoms with Crippen molar-refractivity contribution in [2.24, 2.45) is 0 Å². The number of anilines is 1. The molecular weight excluding hydrogens is 254 g/mol. The van der Waals surface area contributed by atoms with Gasteiger partial charge in [0, 0.05) is 17.6 Å². The summed E-state index contributed by atoms with van der Waals surface area (Å²) in [6.07, 6.45) is 1.08. The van der Waals surface area contributed by atoms with Crippen molar-refractivity contribution < 1.29 is 0 Å². The summed E-state index contributed by atoms with van der Waals surface area (Å²) in [6, 6.07) is 21.7. The van der Waals surface area contributed by atoms with Crippen molar-refractivity contribution in [3.63, 3.8) is 0 Å². The normalized spacial score (nSPS) is 14.2. The Hall–Kier alpha value is -2.28. The minimum atomic E-state index is 0.990. The monoisotopic (exact) mass is 271 g/mol. The topological polar surface area (TPSA) is 3.24 Å². The standard InChI is InChI=1S/C20H17N/c1-15-9-10-16-11-12-21(14-18(16)13-15)20-8-4-6-17-5-2-3-7-19(17)20/h2-10,13H,11-12H2,1H3. The Bertz CT molecular complexity index is 799. The van der Waals surface area contributed by atoms with Crippen LogP contribution in [0.25, 0.3) is 10.8 Å². The van der Waals surface area contributed by atoms with Crippen molar-refractivity contribution in [1.29, 1.82) is 0 Å². The summed E-state index contributed by atoms with van der Waals surface area (Å²) in [5.41, 5.74) is 5.17. The first-order chi connectivity index (χ1) is 10.3. The Morgan fingerprint density at radius 2 is 1.81 bits per heavy atom. The van der Waals surface area contributed by atoms with Gasteiger partial charge in [-0.3, -0.25) is 0 Å². The van der Waals surface area contributed by atoms with Crippen LogP contribution in [0.3, 0.4) is 0 Å². The van der Waals surface area contributed by atoms with Crippen LogP contribution >= 0.6 is 0 Å². The van der Waals surface area contributed by atoms with Gasteiger partial charge in [0.2, 0.25) is 0 Å². The second-order valence-corrected chi connectivity index (χ2v) is 5.67. The van der Waals surface area contributed by atoms with Gasteiger partial charge in [0.1, 0.15) is 6.54 Å². The first-order valence-electron chi connectivity index (χ1n) is 7.43. The van der Waals surface area contributed by atoms with E-state index in [4.69, 9.17) is 0 Å². The molecule has 4 rings (SSSR count). The Morgan fingerprint density at radius 1 is 0.952 bits per heavy atom. The average Bonchev–Trinajstić information content (AvgIpc) is 2.53. The summed E-state index contributed by atoms with van der Waals surface area (Å²) >= 11 is 0. The largest absolute Gasteiger partial charge is 0.356 e. The van der Waals surface area contributed by atoms with Gasteiger partial charge in [0.25, 0.3) is 0 Å². The lowest BCUT2D eigenvalue weighted by Crippen LogP contribution is -2.28. The Labute approximate surface area is 125 Å². The third-order valence-corrected chi connectivity index (χ3v) is 4.18. The van der Waals surface area contributed by atoms with E-state index in [0.29, 0.717) is 0 Å². The van der Waals surface area contributed by atoms with Crippen LogP contribution in [-0.4, -0.2) is 6.54 Å². The van der Waals surface area contributed by atoms with Crippen LogP contribution in [0, 0.1) is 13.5 Å². The number of hydrogen-bond donors (Lipinski definition) is 0. The molecule has 0 aromatic heterocycles. The van der Waals surface area contributed by atoms with E-state index < -0.39 is 0 Å². The van der Waals surface area contributed by atoms with E-state index in [1.165, 1.54) is 33.2 Å². The fourth-order valence-electron chi connectivity index (χ4n) is 3.07. The van der Waals surface area contributed by atoms with Crippen molar-refractivity contribution >= 4 is 16.5 Å². The van der Waals surface area contributed by atoms with E-state index in [1.807, 2.05) is 0 Å². The van der Waals surface area contributed by atoms with E-state index in [0.717, 1.165) is 13.0 Å². The molecule has 0 bridgehead atoms. The highest BCUT2D eigenvalue weighted by Crippen LogP contribution is 2.31. The van der Waals surface area contributed by atoms with Crippen molar-refractivity contribution in [3.05, 3.63) is 83.9 Å².